The summed E-state index contributed by atoms with van der Waals surface area (Å²) < 4.78 is 0. The lowest BCUT2D eigenvalue weighted by Crippen LogP contribution is -2.28. The summed E-state index contributed by atoms with van der Waals surface area (Å²) in [5, 5.41) is 4.65. The third kappa shape index (κ3) is 4.09. The van der Waals surface area contributed by atoms with E-state index in [0.717, 1.165) is 29.6 Å². The highest BCUT2D eigenvalue weighted by Crippen LogP contribution is 2.29. The molecule has 4 nitrogen and oxygen atoms in total. The first-order valence-electron chi connectivity index (χ1n) is 8.07. The van der Waals surface area contributed by atoms with E-state index in [-0.39, 0.29) is 5.91 Å². The van der Waals surface area contributed by atoms with Crippen LogP contribution in [0.2, 0.25) is 10.0 Å². The molecule has 25 heavy (non-hydrogen) atoms. The van der Waals surface area contributed by atoms with Crippen molar-refractivity contribution in [2.75, 3.05) is 25.0 Å². The van der Waals surface area contributed by atoms with Crippen LogP contribution in [0.3, 0.4) is 0 Å². The van der Waals surface area contributed by atoms with Gasteiger partial charge in [-0.1, -0.05) is 41.4 Å². The molecule has 1 heterocycles. The van der Waals surface area contributed by atoms with Crippen LogP contribution < -0.4 is 10.2 Å². The fourth-order valence-electron chi connectivity index (χ4n) is 2.71. The van der Waals surface area contributed by atoms with Gasteiger partial charge in [-0.15, -0.1) is 0 Å². The summed E-state index contributed by atoms with van der Waals surface area (Å²) in [5.74, 6) is -0.209. The second-order valence-corrected chi connectivity index (χ2v) is 6.68. The van der Waals surface area contributed by atoms with Crippen LogP contribution in [0.15, 0.2) is 48.5 Å². The Morgan fingerprint density at radius 2 is 1.92 bits per heavy atom. The molecule has 0 bridgehead atoms. The minimum Gasteiger partial charge on any atom is -0.375 e. The van der Waals surface area contributed by atoms with Crippen molar-refractivity contribution >= 4 is 45.7 Å². The number of hydrogen-bond donors (Lipinski definition) is 2. The van der Waals surface area contributed by atoms with Crippen molar-refractivity contribution in [3.8, 4) is 0 Å². The van der Waals surface area contributed by atoms with E-state index in [1.165, 1.54) is 0 Å². The lowest BCUT2D eigenvalue weighted by atomic mass is 10.2. The Labute approximate surface area is 156 Å². The summed E-state index contributed by atoms with van der Waals surface area (Å²) in [6.07, 6.45) is 0.834. The second kappa shape index (κ2) is 7.81. The number of fused-ring (bicyclic) bond motifs is 1. The van der Waals surface area contributed by atoms with Crippen molar-refractivity contribution in [2.45, 2.75) is 6.42 Å². The Hall–Kier alpha value is -2.17. The van der Waals surface area contributed by atoms with E-state index in [0.29, 0.717) is 22.3 Å². The number of amides is 1. The van der Waals surface area contributed by atoms with Crippen LogP contribution in [-0.2, 0) is 0 Å². The van der Waals surface area contributed by atoms with E-state index in [4.69, 9.17) is 23.2 Å². The molecule has 130 valence electrons. The standard InChI is InChI=1S/C19H19Cl2N3O/c1-24(14-6-3-2-4-7-14)11-5-10-22-19(25)18-17(21)15-12-13(20)8-9-16(15)23-18/h2-4,6-9,12,23H,5,10-11H2,1H3,(H,22,25). The molecule has 0 aliphatic rings. The van der Waals surface area contributed by atoms with E-state index in [2.05, 4.69) is 27.3 Å². The zero-order valence-electron chi connectivity index (χ0n) is 13.9. The normalized spacial score (nSPS) is 10.8. The number of nitrogens with one attached hydrogen (secondary N) is 2. The topological polar surface area (TPSA) is 48.1 Å². The molecule has 2 aromatic carbocycles. The van der Waals surface area contributed by atoms with Crippen LogP contribution in [0, 0.1) is 0 Å². The molecular formula is C19H19Cl2N3O. The molecule has 0 saturated carbocycles. The molecule has 0 aliphatic carbocycles. The van der Waals surface area contributed by atoms with Crippen molar-refractivity contribution in [3.63, 3.8) is 0 Å². The monoisotopic (exact) mass is 375 g/mol. The summed E-state index contributed by atoms with van der Waals surface area (Å²) in [5.41, 5.74) is 2.32. The molecule has 0 saturated heterocycles. The maximum atomic E-state index is 12.4. The number of rotatable bonds is 6. The summed E-state index contributed by atoms with van der Waals surface area (Å²) in [6, 6.07) is 15.5. The van der Waals surface area contributed by atoms with Gasteiger partial charge in [-0.05, 0) is 36.8 Å². The van der Waals surface area contributed by atoms with E-state index >= 15 is 0 Å². The van der Waals surface area contributed by atoms with E-state index in [1.807, 2.05) is 31.3 Å². The summed E-state index contributed by atoms with van der Waals surface area (Å²) in [7, 11) is 2.04. The molecule has 0 radical (unpaired) electrons. The maximum absolute atomic E-state index is 12.4. The summed E-state index contributed by atoms with van der Waals surface area (Å²) in [6.45, 7) is 1.42. The highest BCUT2D eigenvalue weighted by atomic mass is 35.5. The number of nitrogens with zero attached hydrogens (tertiary/aromatic N) is 1. The number of aromatic amines is 1. The Morgan fingerprint density at radius 3 is 2.68 bits per heavy atom. The molecule has 3 rings (SSSR count). The van der Waals surface area contributed by atoms with Crippen molar-refractivity contribution < 1.29 is 4.79 Å². The number of aromatic nitrogens is 1. The van der Waals surface area contributed by atoms with E-state index in [9.17, 15) is 4.79 Å². The Bertz CT molecular complexity index is 877. The molecule has 1 amide bonds. The number of para-hydroxylation sites is 1. The van der Waals surface area contributed by atoms with Gasteiger partial charge in [-0.2, -0.15) is 0 Å². The first kappa shape index (κ1) is 17.6. The third-order valence-corrected chi connectivity index (χ3v) is 4.70. The van der Waals surface area contributed by atoms with Crippen molar-refractivity contribution in [2.24, 2.45) is 0 Å². The molecule has 6 heteroatoms. The van der Waals surface area contributed by atoms with E-state index in [1.54, 1.807) is 12.1 Å². The van der Waals surface area contributed by atoms with Crippen LogP contribution in [0.25, 0.3) is 10.9 Å². The number of benzene rings is 2. The molecule has 3 aromatic rings. The van der Waals surface area contributed by atoms with Crippen molar-refractivity contribution in [1.82, 2.24) is 10.3 Å². The molecule has 0 atom stereocenters. The van der Waals surface area contributed by atoms with Gasteiger partial charge < -0.3 is 15.2 Å². The smallest absolute Gasteiger partial charge is 0.269 e. The van der Waals surface area contributed by atoms with Crippen molar-refractivity contribution in [1.29, 1.82) is 0 Å². The van der Waals surface area contributed by atoms with Gasteiger partial charge in [-0.25, -0.2) is 0 Å². The zero-order valence-corrected chi connectivity index (χ0v) is 15.4. The van der Waals surface area contributed by atoms with Gasteiger partial charge >= 0.3 is 0 Å². The number of hydrogen-bond acceptors (Lipinski definition) is 2. The molecule has 0 spiro atoms. The van der Waals surface area contributed by atoms with Crippen LogP contribution in [0.1, 0.15) is 16.9 Å². The van der Waals surface area contributed by atoms with Gasteiger partial charge in [0.05, 0.1) is 5.02 Å². The second-order valence-electron chi connectivity index (χ2n) is 5.87. The fraction of sp³-hybridized carbons (Fsp3) is 0.211. The summed E-state index contributed by atoms with van der Waals surface area (Å²) in [4.78, 5) is 17.6. The number of halogens is 2. The molecule has 0 fully saturated rings. The lowest BCUT2D eigenvalue weighted by Gasteiger charge is -2.19. The molecular weight excluding hydrogens is 357 g/mol. The minimum absolute atomic E-state index is 0.209. The zero-order chi connectivity index (χ0) is 17.8. The SMILES string of the molecule is CN(CCCNC(=O)c1[nH]c2ccc(Cl)cc2c1Cl)c1ccccc1. The number of H-pyrrole nitrogens is 1. The quantitative estimate of drug-likeness (QED) is 0.611. The highest BCUT2D eigenvalue weighted by Gasteiger charge is 2.16. The van der Waals surface area contributed by atoms with Gasteiger partial charge in [0.2, 0.25) is 0 Å². The molecule has 1 aromatic heterocycles. The van der Waals surface area contributed by atoms with Gasteiger partial charge in [0.1, 0.15) is 5.69 Å². The Balaban J connectivity index is 1.55. The fourth-order valence-corrected chi connectivity index (χ4v) is 3.17. The van der Waals surface area contributed by atoms with Gasteiger partial charge in [0.15, 0.2) is 0 Å². The predicted octanol–water partition coefficient (Wildman–Crippen LogP) is 4.73. The largest absolute Gasteiger partial charge is 0.375 e. The lowest BCUT2D eigenvalue weighted by molar-refractivity contribution is 0.0949. The highest BCUT2D eigenvalue weighted by molar-refractivity contribution is 6.39. The van der Waals surface area contributed by atoms with E-state index < -0.39 is 0 Å². The van der Waals surface area contributed by atoms with Crippen molar-refractivity contribution in [3.05, 3.63) is 64.3 Å². The van der Waals surface area contributed by atoms with Gasteiger partial charge in [-0.3, -0.25) is 4.79 Å². The predicted molar refractivity (Wildman–Crippen MR) is 105 cm³/mol. The Kier molecular flexibility index (Phi) is 5.51. The first-order valence-corrected chi connectivity index (χ1v) is 8.83. The Morgan fingerprint density at radius 1 is 1.16 bits per heavy atom. The number of anilines is 1. The molecule has 0 aliphatic heterocycles. The third-order valence-electron chi connectivity index (χ3n) is 4.08. The van der Waals surface area contributed by atoms with Crippen LogP contribution in [0.4, 0.5) is 5.69 Å². The van der Waals surface area contributed by atoms with Gasteiger partial charge in [0, 0.05) is 41.8 Å². The number of carbonyl (C=O) groups is 1. The maximum Gasteiger partial charge on any atom is 0.269 e. The van der Waals surface area contributed by atoms with Crippen LogP contribution in [0.5, 0.6) is 0 Å². The average molecular weight is 376 g/mol. The minimum atomic E-state index is -0.209. The average Bonchev–Trinajstić information content (AvgIpc) is 2.95. The number of carbonyl (C=O) groups excluding carboxylic acids is 1. The molecule has 2 N–H and O–H groups in total. The van der Waals surface area contributed by atoms with Crippen LogP contribution >= 0.6 is 23.2 Å². The van der Waals surface area contributed by atoms with Gasteiger partial charge in [0.25, 0.3) is 5.91 Å². The molecule has 0 unspecified atom stereocenters. The first-order chi connectivity index (χ1) is 12.1. The van der Waals surface area contributed by atoms with Crippen LogP contribution in [-0.4, -0.2) is 31.0 Å². The summed E-state index contributed by atoms with van der Waals surface area (Å²) >= 11 is 12.3.